The van der Waals surface area contributed by atoms with Crippen LogP contribution < -0.4 is 5.32 Å². The first-order valence-electron chi connectivity index (χ1n) is 5.10. The van der Waals surface area contributed by atoms with Crippen LogP contribution >= 0.6 is 11.3 Å². The minimum absolute atomic E-state index is 0.147. The van der Waals surface area contributed by atoms with Crippen LogP contribution in [0.15, 0.2) is 29.6 Å². The Hall–Kier alpha value is -1.42. The summed E-state index contributed by atoms with van der Waals surface area (Å²) < 4.78 is 12.9. The van der Waals surface area contributed by atoms with Crippen molar-refractivity contribution in [1.82, 2.24) is 4.98 Å². The number of halogens is 1. The van der Waals surface area contributed by atoms with E-state index < -0.39 is 5.95 Å². The molecule has 2 rings (SSSR count). The van der Waals surface area contributed by atoms with Gasteiger partial charge in [0.15, 0.2) is 0 Å². The molecule has 0 amide bonds. The van der Waals surface area contributed by atoms with Crippen LogP contribution in [0.5, 0.6) is 0 Å². The molecule has 0 bridgehead atoms. The molecule has 1 atom stereocenters. The van der Waals surface area contributed by atoms with Crippen LogP contribution in [0.3, 0.4) is 0 Å². The van der Waals surface area contributed by atoms with Gasteiger partial charge in [-0.15, -0.1) is 11.3 Å². The molecule has 0 aliphatic carbocycles. The highest BCUT2D eigenvalue weighted by Gasteiger charge is 2.10. The summed E-state index contributed by atoms with van der Waals surface area (Å²) in [7, 11) is 0. The minimum Gasteiger partial charge on any atom is -0.363 e. The molecule has 84 valence electrons. The van der Waals surface area contributed by atoms with Crippen LogP contribution in [0.2, 0.25) is 0 Å². The average molecular weight is 236 g/mol. The molecule has 0 fully saturated rings. The van der Waals surface area contributed by atoms with E-state index in [0.717, 1.165) is 0 Å². The fourth-order valence-electron chi connectivity index (χ4n) is 1.60. The molecule has 0 saturated carbocycles. The predicted octanol–water partition coefficient (Wildman–Crippen LogP) is 3.76. The highest BCUT2D eigenvalue weighted by Crippen LogP contribution is 2.26. The van der Waals surface area contributed by atoms with Crippen molar-refractivity contribution in [2.45, 2.75) is 19.9 Å². The Morgan fingerprint density at radius 1 is 1.38 bits per heavy atom. The van der Waals surface area contributed by atoms with Gasteiger partial charge in [0.2, 0.25) is 5.95 Å². The number of nitrogens with one attached hydrogen (secondary N) is 1. The fraction of sp³-hybridized carbons (Fsp3) is 0.250. The molecule has 0 spiro atoms. The van der Waals surface area contributed by atoms with Crippen molar-refractivity contribution in [3.8, 4) is 0 Å². The van der Waals surface area contributed by atoms with Gasteiger partial charge < -0.3 is 5.32 Å². The van der Waals surface area contributed by atoms with Gasteiger partial charge in [0.25, 0.3) is 0 Å². The second-order valence-electron chi connectivity index (χ2n) is 3.68. The van der Waals surface area contributed by atoms with Gasteiger partial charge in [-0.1, -0.05) is 6.07 Å². The van der Waals surface area contributed by atoms with E-state index in [0.29, 0.717) is 5.82 Å². The molecule has 0 radical (unpaired) electrons. The lowest BCUT2D eigenvalue weighted by atomic mass is 10.2. The van der Waals surface area contributed by atoms with Gasteiger partial charge in [-0.3, -0.25) is 0 Å². The first-order valence-corrected chi connectivity index (χ1v) is 5.98. The average Bonchev–Trinajstić information content (AvgIpc) is 2.64. The summed E-state index contributed by atoms with van der Waals surface area (Å²) in [5.74, 6) is 0.111. The molecular formula is C12H13FN2S. The maximum Gasteiger partial charge on any atom is 0.214 e. The Bertz CT molecular complexity index is 481. The number of anilines is 1. The summed E-state index contributed by atoms with van der Waals surface area (Å²) in [6.07, 6.45) is 0. The Morgan fingerprint density at radius 3 is 2.81 bits per heavy atom. The lowest BCUT2D eigenvalue weighted by Gasteiger charge is -2.13. The summed E-state index contributed by atoms with van der Waals surface area (Å²) in [5, 5.41) is 5.24. The van der Waals surface area contributed by atoms with Crippen molar-refractivity contribution in [3.63, 3.8) is 0 Å². The zero-order valence-corrected chi connectivity index (χ0v) is 10.0. The van der Waals surface area contributed by atoms with E-state index in [1.54, 1.807) is 23.5 Å². The van der Waals surface area contributed by atoms with Gasteiger partial charge in [-0.25, -0.2) is 4.98 Å². The first kappa shape index (κ1) is 11.1. The van der Waals surface area contributed by atoms with E-state index in [2.05, 4.69) is 28.7 Å². The molecule has 0 aliphatic heterocycles. The van der Waals surface area contributed by atoms with E-state index >= 15 is 0 Å². The molecule has 2 aromatic heterocycles. The molecule has 0 aliphatic rings. The molecule has 4 heteroatoms. The summed E-state index contributed by atoms with van der Waals surface area (Å²) in [6, 6.07) is 6.99. The second-order valence-corrected chi connectivity index (χ2v) is 4.63. The third-order valence-corrected chi connectivity index (χ3v) is 3.58. The monoisotopic (exact) mass is 236 g/mol. The summed E-state index contributed by atoms with van der Waals surface area (Å²) >= 11 is 1.70. The van der Waals surface area contributed by atoms with Crippen LogP contribution in [-0.4, -0.2) is 4.98 Å². The van der Waals surface area contributed by atoms with Crippen molar-refractivity contribution in [2.75, 3.05) is 5.32 Å². The highest BCUT2D eigenvalue weighted by atomic mass is 32.1. The van der Waals surface area contributed by atoms with Crippen LogP contribution in [0, 0.1) is 12.9 Å². The Morgan fingerprint density at radius 2 is 2.19 bits per heavy atom. The number of aromatic nitrogens is 1. The number of rotatable bonds is 3. The maximum atomic E-state index is 12.9. The summed E-state index contributed by atoms with van der Waals surface area (Å²) in [4.78, 5) is 5.04. The number of hydrogen-bond donors (Lipinski definition) is 1. The summed E-state index contributed by atoms with van der Waals surface area (Å²) in [6.45, 7) is 4.12. The SMILES string of the molecule is Cc1ccsc1C(C)Nc1cccc(F)n1. The fourth-order valence-corrected chi connectivity index (χ4v) is 2.54. The Labute approximate surface area is 98.2 Å². The topological polar surface area (TPSA) is 24.9 Å². The zero-order valence-electron chi connectivity index (χ0n) is 9.20. The van der Waals surface area contributed by atoms with E-state index in [-0.39, 0.29) is 6.04 Å². The normalized spacial score (nSPS) is 12.4. The van der Waals surface area contributed by atoms with Crippen molar-refractivity contribution in [2.24, 2.45) is 0 Å². The van der Waals surface area contributed by atoms with Gasteiger partial charge in [0.05, 0.1) is 6.04 Å². The van der Waals surface area contributed by atoms with Crippen molar-refractivity contribution in [1.29, 1.82) is 0 Å². The molecule has 1 N–H and O–H groups in total. The lowest BCUT2D eigenvalue weighted by Crippen LogP contribution is -2.07. The molecule has 0 saturated heterocycles. The molecular weight excluding hydrogens is 223 g/mol. The van der Waals surface area contributed by atoms with Gasteiger partial charge in [-0.2, -0.15) is 4.39 Å². The smallest absolute Gasteiger partial charge is 0.214 e. The van der Waals surface area contributed by atoms with E-state index in [1.807, 2.05) is 6.92 Å². The first-order chi connectivity index (χ1) is 7.66. The third-order valence-electron chi connectivity index (χ3n) is 2.37. The van der Waals surface area contributed by atoms with Crippen molar-refractivity contribution in [3.05, 3.63) is 46.0 Å². The second kappa shape index (κ2) is 4.61. The van der Waals surface area contributed by atoms with Crippen molar-refractivity contribution >= 4 is 17.2 Å². The molecule has 2 heterocycles. The van der Waals surface area contributed by atoms with Gasteiger partial charge in [-0.05, 0) is 43.0 Å². The van der Waals surface area contributed by atoms with E-state index in [1.165, 1.54) is 16.5 Å². The minimum atomic E-state index is -0.458. The summed E-state index contributed by atoms with van der Waals surface area (Å²) in [5.41, 5.74) is 1.25. The van der Waals surface area contributed by atoms with Crippen LogP contribution in [0.25, 0.3) is 0 Å². The predicted molar refractivity (Wildman–Crippen MR) is 65.3 cm³/mol. The standard InChI is InChI=1S/C12H13FN2S/c1-8-6-7-16-12(8)9(2)14-11-5-3-4-10(13)15-11/h3-7,9H,1-2H3,(H,14,15). The lowest BCUT2D eigenvalue weighted by molar-refractivity contribution is 0.584. The van der Waals surface area contributed by atoms with Crippen LogP contribution in [0.4, 0.5) is 10.2 Å². The van der Waals surface area contributed by atoms with Gasteiger partial charge in [0, 0.05) is 4.88 Å². The van der Waals surface area contributed by atoms with Gasteiger partial charge >= 0.3 is 0 Å². The maximum absolute atomic E-state index is 12.9. The van der Waals surface area contributed by atoms with Gasteiger partial charge in [0.1, 0.15) is 5.82 Å². The number of hydrogen-bond acceptors (Lipinski definition) is 3. The Kier molecular flexibility index (Phi) is 3.19. The molecule has 16 heavy (non-hydrogen) atoms. The molecule has 2 aromatic rings. The van der Waals surface area contributed by atoms with E-state index in [4.69, 9.17) is 0 Å². The van der Waals surface area contributed by atoms with Crippen LogP contribution in [-0.2, 0) is 0 Å². The van der Waals surface area contributed by atoms with Crippen molar-refractivity contribution < 1.29 is 4.39 Å². The quantitative estimate of drug-likeness (QED) is 0.821. The Balaban J connectivity index is 2.14. The molecule has 1 unspecified atom stereocenters. The van der Waals surface area contributed by atoms with Crippen LogP contribution in [0.1, 0.15) is 23.4 Å². The third kappa shape index (κ3) is 2.39. The number of thiophene rings is 1. The largest absolute Gasteiger partial charge is 0.363 e. The molecule has 2 nitrogen and oxygen atoms in total. The van der Waals surface area contributed by atoms with E-state index in [9.17, 15) is 4.39 Å². The zero-order chi connectivity index (χ0) is 11.5. The number of nitrogens with zero attached hydrogens (tertiary/aromatic N) is 1. The number of aryl methyl sites for hydroxylation is 1. The molecule has 0 aromatic carbocycles. The highest BCUT2D eigenvalue weighted by molar-refractivity contribution is 7.10. The number of pyridine rings is 1.